The highest BCUT2D eigenvalue weighted by molar-refractivity contribution is 8.00. The molecule has 0 aliphatic carbocycles. The Kier molecular flexibility index (Phi) is 6.67. The molecule has 0 saturated heterocycles. The molecular formula is C17H20N2O2S2. The lowest BCUT2D eigenvalue weighted by Crippen LogP contribution is -2.28. The summed E-state index contributed by atoms with van der Waals surface area (Å²) >= 11 is 2.97. The van der Waals surface area contributed by atoms with Crippen molar-refractivity contribution in [2.75, 3.05) is 23.9 Å². The van der Waals surface area contributed by atoms with E-state index in [1.807, 2.05) is 48.7 Å². The van der Waals surface area contributed by atoms with Gasteiger partial charge in [-0.25, -0.2) is 0 Å². The standard InChI is InChI=1S/C17H20N2O2S2/c1-13-5-7-14(8-6-13)18-16(20)11-22-12-17(21)19(2)10-15-4-3-9-23-15/h3-9H,10-12H2,1-2H3,(H,18,20). The van der Waals surface area contributed by atoms with Crippen molar-refractivity contribution < 1.29 is 9.59 Å². The van der Waals surface area contributed by atoms with Crippen molar-refractivity contribution in [3.8, 4) is 0 Å². The van der Waals surface area contributed by atoms with Crippen LogP contribution in [-0.2, 0) is 16.1 Å². The average Bonchev–Trinajstić information content (AvgIpc) is 3.02. The van der Waals surface area contributed by atoms with Gasteiger partial charge in [-0.05, 0) is 30.5 Å². The molecule has 0 fully saturated rings. The quantitative estimate of drug-likeness (QED) is 0.834. The molecule has 0 spiro atoms. The van der Waals surface area contributed by atoms with E-state index in [1.54, 1.807) is 23.3 Å². The van der Waals surface area contributed by atoms with Gasteiger partial charge in [0.2, 0.25) is 11.8 Å². The Morgan fingerprint density at radius 1 is 1.17 bits per heavy atom. The second-order valence-corrected chi connectivity index (χ2v) is 7.25. The van der Waals surface area contributed by atoms with Crippen LogP contribution in [0.5, 0.6) is 0 Å². The van der Waals surface area contributed by atoms with Gasteiger partial charge in [-0.3, -0.25) is 9.59 Å². The number of nitrogens with zero attached hydrogens (tertiary/aromatic N) is 1. The third kappa shape index (κ3) is 6.08. The largest absolute Gasteiger partial charge is 0.340 e. The molecule has 0 bridgehead atoms. The highest BCUT2D eigenvalue weighted by atomic mass is 32.2. The number of anilines is 1. The molecule has 4 nitrogen and oxygen atoms in total. The molecular weight excluding hydrogens is 328 g/mol. The minimum Gasteiger partial charge on any atom is -0.340 e. The lowest BCUT2D eigenvalue weighted by Gasteiger charge is -2.15. The van der Waals surface area contributed by atoms with Crippen molar-refractivity contribution in [3.63, 3.8) is 0 Å². The Morgan fingerprint density at radius 3 is 2.57 bits per heavy atom. The highest BCUT2D eigenvalue weighted by Gasteiger charge is 2.11. The van der Waals surface area contributed by atoms with Crippen LogP contribution in [0.2, 0.25) is 0 Å². The Hall–Kier alpha value is -1.79. The number of hydrogen-bond donors (Lipinski definition) is 1. The molecule has 2 rings (SSSR count). The van der Waals surface area contributed by atoms with Crippen LogP contribution < -0.4 is 5.32 Å². The third-order valence-corrected chi connectivity index (χ3v) is 4.97. The normalized spacial score (nSPS) is 10.3. The summed E-state index contributed by atoms with van der Waals surface area (Å²) in [5, 5.41) is 4.82. The van der Waals surface area contributed by atoms with E-state index in [9.17, 15) is 9.59 Å². The van der Waals surface area contributed by atoms with E-state index in [-0.39, 0.29) is 17.6 Å². The van der Waals surface area contributed by atoms with E-state index in [4.69, 9.17) is 0 Å². The molecule has 122 valence electrons. The average molecular weight is 348 g/mol. The molecule has 1 N–H and O–H groups in total. The lowest BCUT2D eigenvalue weighted by molar-refractivity contribution is -0.127. The van der Waals surface area contributed by atoms with Crippen molar-refractivity contribution in [2.24, 2.45) is 0 Å². The van der Waals surface area contributed by atoms with Gasteiger partial charge in [-0.1, -0.05) is 23.8 Å². The minimum atomic E-state index is -0.0902. The van der Waals surface area contributed by atoms with Crippen molar-refractivity contribution in [1.29, 1.82) is 0 Å². The number of thioether (sulfide) groups is 1. The van der Waals surface area contributed by atoms with Gasteiger partial charge in [-0.15, -0.1) is 23.1 Å². The summed E-state index contributed by atoms with van der Waals surface area (Å²) in [4.78, 5) is 26.7. The van der Waals surface area contributed by atoms with E-state index in [0.29, 0.717) is 12.3 Å². The summed E-state index contributed by atoms with van der Waals surface area (Å²) in [5.41, 5.74) is 1.93. The van der Waals surface area contributed by atoms with Gasteiger partial charge < -0.3 is 10.2 Å². The molecule has 0 saturated carbocycles. The maximum Gasteiger partial charge on any atom is 0.234 e. The van der Waals surface area contributed by atoms with Crippen LogP contribution in [0.25, 0.3) is 0 Å². The maximum absolute atomic E-state index is 12.0. The Bertz CT molecular complexity index is 639. The predicted molar refractivity (Wildman–Crippen MR) is 97.9 cm³/mol. The number of rotatable bonds is 7. The smallest absolute Gasteiger partial charge is 0.234 e. The summed E-state index contributed by atoms with van der Waals surface area (Å²) in [6.45, 7) is 2.62. The van der Waals surface area contributed by atoms with Crippen molar-refractivity contribution in [2.45, 2.75) is 13.5 Å². The highest BCUT2D eigenvalue weighted by Crippen LogP contribution is 2.13. The topological polar surface area (TPSA) is 49.4 Å². The van der Waals surface area contributed by atoms with Gasteiger partial charge in [0.1, 0.15) is 0 Å². The summed E-state index contributed by atoms with van der Waals surface area (Å²) < 4.78 is 0. The Labute approximate surface area is 144 Å². The first-order valence-corrected chi connectivity index (χ1v) is 9.28. The third-order valence-electron chi connectivity index (χ3n) is 3.19. The molecule has 0 aliphatic heterocycles. The summed E-state index contributed by atoms with van der Waals surface area (Å²) in [5.74, 6) is 0.523. The van der Waals surface area contributed by atoms with E-state index in [0.717, 1.165) is 16.1 Å². The number of benzene rings is 1. The predicted octanol–water partition coefficient (Wildman–Crippen LogP) is 3.39. The molecule has 23 heavy (non-hydrogen) atoms. The van der Waals surface area contributed by atoms with Crippen molar-refractivity contribution in [3.05, 3.63) is 52.2 Å². The monoisotopic (exact) mass is 348 g/mol. The second kappa shape index (κ2) is 8.74. The van der Waals surface area contributed by atoms with Gasteiger partial charge in [0, 0.05) is 17.6 Å². The van der Waals surface area contributed by atoms with Gasteiger partial charge in [0.05, 0.1) is 18.1 Å². The van der Waals surface area contributed by atoms with Crippen LogP contribution in [0.1, 0.15) is 10.4 Å². The number of carbonyl (C=O) groups is 2. The van der Waals surface area contributed by atoms with Gasteiger partial charge >= 0.3 is 0 Å². The van der Waals surface area contributed by atoms with E-state index >= 15 is 0 Å². The molecule has 1 aromatic heterocycles. The zero-order valence-electron chi connectivity index (χ0n) is 13.2. The summed E-state index contributed by atoms with van der Waals surface area (Å²) in [6, 6.07) is 11.6. The molecule has 6 heteroatoms. The SMILES string of the molecule is Cc1ccc(NC(=O)CSCC(=O)N(C)Cc2cccs2)cc1. The zero-order valence-corrected chi connectivity index (χ0v) is 14.9. The molecule has 0 radical (unpaired) electrons. The first kappa shape index (κ1) is 17.6. The molecule has 0 aliphatic rings. The number of thiophene rings is 1. The van der Waals surface area contributed by atoms with Crippen LogP contribution in [0.3, 0.4) is 0 Å². The fourth-order valence-electron chi connectivity index (χ4n) is 1.90. The molecule has 2 aromatic rings. The van der Waals surface area contributed by atoms with E-state index in [2.05, 4.69) is 5.32 Å². The number of carbonyl (C=O) groups excluding carboxylic acids is 2. The Balaban J connectivity index is 1.68. The fourth-order valence-corrected chi connectivity index (χ4v) is 3.41. The number of nitrogens with one attached hydrogen (secondary N) is 1. The zero-order chi connectivity index (χ0) is 16.7. The van der Waals surface area contributed by atoms with Crippen LogP contribution in [-0.4, -0.2) is 35.3 Å². The van der Waals surface area contributed by atoms with E-state index in [1.165, 1.54) is 11.8 Å². The molecule has 1 aromatic carbocycles. The van der Waals surface area contributed by atoms with E-state index < -0.39 is 0 Å². The maximum atomic E-state index is 12.0. The number of amides is 2. The summed E-state index contributed by atoms with van der Waals surface area (Å²) in [7, 11) is 1.79. The van der Waals surface area contributed by atoms with Gasteiger partial charge in [0.25, 0.3) is 0 Å². The lowest BCUT2D eigenvalue weighted by atomic mass is 10.2. The van der Waals surface area contributed by atoms with Crippen molar-refractivity contribution in [1.82, 2.24) is 4.90 Å². The molecule has 0 unspecified atom stereocenters. The fraction of sp³-hybridized carbons (Fsp3) is 0.294. The van der Waals surface area contributed by atoms with Gasteiger partial charge in [-0.2, -0.15) is 0 Å². The molecule has 0 atom stereocenters. The van der Waals surface area contributed by atoms with Gasteiger partial charge in [0.15, 0.2) is 0 Å². The van der Waals surface area contributed by atoms with Crippen LogP contribution in [0.4, 0.5) is 5.69 Å². The summed E-state index contributed by atoms with van der Waals surface area (Å²) in [6.07, 6.45) is 0. The first-order chi connectivity index (χ1) is 11.0. The first-order valence-electron chi connectivity index (χ1n) is 7.25. The van der Waals surface area contributed by atoms with Crippen LogP contribution in [0, 0.1) is 6.92 Å². The van der Waals surface area contributed by atoms with Crippen LogP contribution >= 0.6 is 23.1 Å². The van der Waals surface area contributed by atoms with Crippen molar-refractivity contribution >= 4 is 40.6 Å². The Morgan fingerprint density at radius 2 is 1.91 bits per heavy atom. The molecule has 2 amide bonds. The number of hydrogen-bond acceptors (Lipinski definition) is 4. The second-order valence-electron chi connectivity index (χ2n) is 5.24. The molecule has 1 heterocycles. The minimum absolute atomic E-state index is 0.0338. The van der Waals surface area contributed by atoms with Crippen LogP contribution in [0.15, 0.2) is 41.8 Å². The number of aryl methyl sites for hydroxylation is 1.